The van der Waals surface area contributed by atoms with Gasteiger partial charge in [0.25, 0.3) is 0 Å². The van der Waals surface area contributed by atoms with Crippen molar-refractivity contribution in [2.75, 3.05) is 0 Å². The molecule has 5 aromatic rings. The van der Waals surface area contributed by atoms with Gasteiger partial charge in [0.1, 0.15) is 0 Å². The average molecular weight is 458 g/mol. The van der Waals surface area contributed by atoms with Gasteiger partial charge in [-0.25, -0.2) is 9.97 Å². The van der Waals surface area contributed by atoms with E-state index < -0.39 is 18.3 Å². The third kappa shape index (κ3) is 3.72. The SMILES string of the molecule is CC1(C)OB(c2cccc(-c3nc(-c4ccccc4)nc4c3ccc3ccccc34)c2)OC1(C)C. The fourth-order valence-electron chi connectivity index (χ4n) is 4.61. The summed E-state index contributed by atoms with van der Waals surface area (Å²) in [6.45, 7) is 8.30. The van der Waals surface area contributed by atoms with Crippen LogP contribution in [0.5, 0.6) is 0 Å². The highest BCUT2D eigenvalue weighted by Gasteiger charge is 2.51. The second-order valence-electron chi connectivity index (χ2n) is 10.2. The van der Waals surface area contributed by atoms with E-state index in [4.69, 9.17) is 19.3 Å². The van der Waals surface area contributed by atoms with Gasteiger partial charge in [-0.1, -0.05) is 84.9 Å². The summed E-state index contributed by atoms with van der Waals surface area (Å²) in [6, 6.07) is 31.1. The molecule has 0 amide bonds. The van der Waals surface area contributed by atoms with Gasteiger partial charge in [-0.05, 0) is 44.6 Å². The zero-order valence-corrected chi connectivity index (χ0v) is 20.4. The van der Waals surface area contributed by atoms with E-state index in [0.29, 0.717) is 5.82 Å². The lowest BCUT2D eigenvalue weighted by Crippen LogP contribution is -2.41. The lowest BCUT2D eigenvalue weighted by atomic mass is 9.78. The second kappa shape index (κ2) is 8.01. The van der Waals surface area contributed by atoms with E-state index >= 15 is 0 Å². The standard InChI is InChI=1S/C30H27BN2O2/c1-29(2)30(3,4)35-31(34-29)23-15-10-14-22(19-23)26-25-18-17-20-11-8-9-16-24(20)27(25)33-28(32-26)21-12-6-5-7-13-21/h5-19H,1-4H3. The first-order valence-electron chi connectivity index (χ1n) is 12.0. The van der Waals surface area contributed by atoms with E-state index in [1.165, 1.54) is 0 Å². The van der Waals surface area contributed by atoms with Gasteiger partial charge in [-0.3, -0.25) is 0 Å². The van der Waals surface area contributed by atoms with Crippen LogP contribution >= 0.6 is 0 Å². The van der Waals surface area contributed by atoms with Crippen LogP contribution in [-0.2, 0) is 9.31 Å². The van der Waals surface area contributed by atoms with Gasteiger partial charge in [0.05, 0.1) is 22.4 Å². The second-order valence-corrected chi connectivity index (χ2v) is 10.2. The average Bonchev–Trinajstić information content (AvgIpc) is 3.10. The van der Waals surface area contributed by atoms with Crippen LogP contribution in [0.1, 0.15) is 27.7 Å². The maximum absolute atomic E-state index is 6.32. The van der Waals surface area contributed by atoms with E-state index in [2.05, 4.69) is 94.4 Å². The van der Waals surface area contributed by atoms with Gasteiger partial charge in [0.2, 0.25) is 0 Å². The van der Waals surface area contributed by atoms with Crippen LogP contribution in [0.25, 0.3) is 44.3 Å². The Morgan fingerprint density at radius 3 is 2.09 bits per heavy atom. The molecule has 0 saturated carbocycles. The van der Waals surface area contributed by atoms with Crippen molar-refractivity contribution in [2.24, 2.45) is 0 Å². The number of fused-ring (bicyclic) bond motifs is 3. The summed E-state index contributed by atoms with van der Waals surface area (Å²) in [5.74, 6) is 0.713. The molecule has 0 bridgehead atoms. The van der Waals surface area contributed by atoms with Crippen LogP contribution in [-0.4, -0.2) is 28.3 Å². The lowest BCUT2D eigenvalue weighted by molar-refractivity contribution is 0.00578. The molecule has 0 spiro atoms. The normalized spacial score (nSPS) is 16.7. The Balaban J connectivity index is 1.56. The number of rotatable bonds is 3. The minimum Gasteiger partial charge on any atom is -0.399 e. The summed E-state index contributed by atoms with van der Waals surface area (Å²) < 4.78 is 12.6. The first-order valence-corrected chi connectivity index (χ1v) is 12.0. The topological polar surface area (TPSA) is 44.2 Å². The van der Waals surface area contributed by atoms with Crippen molar-refractivity contribution >= 4 is 34.3 Å². The molecule has 0 radical (unpaired) electrons. The number of hydrogen-bond acceptors (Lipinski definition) is 4. The van der Waals surface area contributed by atoms with Gasteiger partial charge in [-0.15, -0.1) is 0 Å². The highest BCUT2D eigenvalue weighted by atomic mass is 16.7. The van der Waals surface area contributed by atoms with Crippen LogP contribution in [0, 0.1) is 0 Å². The van der Waals surface area contributed by atoms with Crippen LogP contribution in [0.15, 0.2) is 91.0 Å². The smallest absolute Gasteiger partial charge is 0.399 e. The Hall–Kier alpha value is -3.54. The molecule has 2 heterocycles. The molecular formula is C30H27BN2O2. The van der Waals surface area contributed by atoms with Gasteiger partial charge < -0.3 is 9.31 Å². The number of benzene rings is 4. The molecule has 6 rings (SSSR count). The molecule has 1 aliphatic heterocycles. The molecule has 0 unspecified atom stereocenters. The molecular weight excluding hydrogens is 431 g/mol. The molecule has 4 nitrogen and oxygen atoms in total. The van der Waals surface area contributed by atoms with E-state index in [1.54, 1.807) is 0 Å². The molecule has 1 aromatic heterocycles. The van der Waals surface area contributed by atoms with Crippen molar-refractivity contribution in [1.29, 1.82) is 0 Å². The van der Waals surface area contributed by atoms with Gasteiger partial charge in [-0.2, -0.15) is 0 Å². The molecule has 0 atom stereocenters. The molecule has 1 aliphatic rings. The largest absolute Gasteiger partial charge is 0.494 e. The molecule has 172 valence electrons. The van der Waals surface area contributed by atoms with Crippen molar-refractivity contribution in [3.63, 3.8) is 0 Å². The third-order valence-electron chi connectivity index (χ3n) is 7.31. The Labute approximate surface area is 206 Å². The summed E-state index contributed by atoms with van der Waals surface area (Å²) in [6.07, 6.45) is 0. The van der Waals surface area contributed by atoms with Gasteiger partial charge in [0, 0.05) is 21.9 Å². The van der Waals surface area contributed by atoms with E-state index in [1.807, 2.05) is 24.3 Å². The number of hydrogen-bond donors (Lipinski definition) is 0. The number of aromatic nitrogens is 2. The lowest BCUT2D eigenvalue weighted by Gasteiger charge is -2.32. The van der Waals surface area contributed by atoms with Crippen molar-refractivity contribution in [1.82, 2.24) is 9.97 Å². The van der Waals surface area contributed by atoms with Crippen molar-refractivity contribution in [3.8, 4) is 22.6 Å². The van der Waals surface area contributed by atoms with E-state index in [0.717, 1.165) is 44.0 Å². The zero-order chi connectivity index (χ0) is 24.2. The fourth-order valence-corrected chi connectivity index (χ4v) is 4.61. The van der Waals surface area contributed by atoms with Gasteiger partial charge >= 0.3 is 7.12 Å². The van der Waals surface area contributed by atoms with Gasteiger partial charge in [0.15, 0.2) is 5.82 Å². The summed E-state index contributed by atoms with van der Waals surface area (Å²) in [5.41, 5.74) is 4.05. The van der Waals surface area contributed by atoms with Crippen LogP contribution in [0.3, 0.4) is 0 Å². The monoisotopic (exact) mass is 458 g/mol. The molecule has 0 N–H and O–H groups in total. The first kappa shape index (κ1) is 22.0. The fraction of sp³-hybridized carbons (Fsp3) is 0.200. The predicted octanol–water partition coefficient (Wildman–Crippen LogP) is 6.42. The van der Waals surface area contributed by atoms with Crippen LogP contribution in [0.2, 0.25) is 0 Å². The molecule has 4 aromatic carbocycles. The summed E-state index contributed by atoms with van der Waals surface area (Å²) >= 11 is 0. The molecule has 5 heteroatoms. The van der Waals surface area contributed by atoms with Crippen LogP contribution < -0.4 is 5.46 Å². The number of nitrogens with zero attached hydrogens (tertiary/aromatic N) is 2. The van der Waals surface area contributed by atoms with E-state index in [9.17, 15) is 0 Å². The molecule has 1 saturated heterocycles. The summed E-state index contributed by atoms with van der Waals surface area (Å²) in [4.78, 5) is 10.1. The van der Waals surface area contributed by atoms with Crippen LogP contribution in [0.4, 0.5) is 0 Å². The highest BCUT2D eigenvalue weighted by molar-refractivity contribution is 6.62. The summed E-state index contributed by atoms with van der Waals surface area (Å²) in [5, 5.41) is 3.30. The maximum Gasteiger partial charge on any atom is 0.494 e. The molecule has 35 heavy (non-hydrogen) atoms. The first-order chi connectivity index (χ1) is 16.8. The van der Waals surface area contributed by atoms with E-state index in [-0.39, 0.29) is 0 Å². The van der Waals surface area contributed by atoms with Crippen molar-refractivity contribution in [2.45, 2.75) is 38.9 Å². The minimum atomic E-state index is -0.428. The predicted molar refractivity (Wildman–Crippen MR) is 144 cm³/mol. The Bertz CT molecular complexity index is 1550. The quantitative estimate of drug-likeness (QED) is 0.231. The summed E-state index contributed by atoms with van der Waals surface area (Å²) in [7, 11) is -0.428. The molecule has 0 aliphatic carbocycles. The third-order valence-corrected chi connectivity index (χ3v) is 7.31. The van der Waals surface area contributed by atoms with Crippen molar-refractivity contribution in [3.05, 3.63) is 91.0 Å². The minimum absolute atomic E-state index is 0.394. The zero-order valence-electron chi connectivity index (χ0n) is 20.4. The Morgan fingerprint density at radius 2 is 1.31 bits per heavy atom. The highest BCUT2D eigenvalue weighted by Crippen LogP contribution is 2.37. The Morgan fingerprint density at radius 1 is 0.629 bits per heavy atom. The molecule has 1 fully saturated rings. The van der Waals surface area contributed by atoms with Crippen molar-refractivity contribution < 1.29 is 9.31 Å². The maximum atomic E-state index is 6.32. The Kier molecular flexibility index (Phi) is 5.03.